The molecule has 25 heavy (non-hydrogen) atoms. The second kappa shape index (κ2) is 7.00. The minimum Gasteiger partial charge on any atom is -0.469 e. The number of hydrogen-bond donors (Lipinski definition) is 0. The third-order valence-electron chi connectivity index (χ3n) is 4.61. The summed E-state index contributed by atoms with van der Waals surface area (Å²) in [5, 5.41) is 0. The molecule has 7 nitrogen and oxygen atoms in total. The van der Waals surface area contributed by atoms with Crippen LogP contribution in [0.5, 0.6) is 0 Å². The molecule has 0 aromatic heterocycles. The monoisotopic (exact) mass is 350 g/mol. The van der Waals surface area contributed by atoms with Crippen molar-refractivity contribution in [2.75, 3.05) is 13.2 Å². The van der Waals surface area contributed by atoms with Gasteiger partial charge in [0.05, 0.1) is 30.6 Å². The van der Waals surface area contributed by atoms with Crippen LogP contribution in [0.2, 0.25) is 0 Å². The molecule has 0 amide bonds. The summed E-state index contributed by atoms with van der Waals surface area (Å²) in [4.78, 5) is 37.3. The Bertz CT molecular complexity index is 660. The molecule has 0 saturated carbocycles. The Balaban J connectivity index is 2.14. The second-order valence-electron chi connectivity index (χ2n) is 6.20. The molecule has 0 radical (unpaired) electrons. The standard InChI is InChI=1S/C18H22O7/c1-3-22-15(20)13-11-7-8-12(19)6-5-9-18(17(25-18)24-10-11)14(13)16(21)23-4-2/h10,17H,3-9H2,1-2H3/t17-,18-/m1/s1. The molecule has 7 heteroatoms. The fraction of sp³-hybridized carbons (Fsp3) is 0.611. The van der Waals surface area contributed by atoms with Crippen molar-refractivity contribution in [1.82, 2.24) is 0 Å². The van der Waals surface area contributed by atoms with Crippen LogP contribution in [0.4, 0.5) is 0 Å². The van der Waals surface area contributed by atoms with Crippen LogP contribution in [0, 0.1) is 0 Å². The van der Waals surface area contributed by atoms with Gasteiger partial charge in [-0.3, -0.25) is 4.79 Å². The zero-order chi connectivity index (χ0) is 18.0. The summed E-state index contributed by atoms with van der Waals surface area (Å²) in [6.07, 6.45) is 2.72. The first-order chi connectivity index (χ1) is 12.0. The molecule has 1 saturated heterocycles. The van der Waals surface area contributed by atoms with Crippen molar-refractivity contribution in [3.63, 3.8) is 0 Å². The highest BCUT2D eigenvalue weighted by atomic mass is 16.8. The van der Waals surface area contributed by atoms with Crippen molar-refractivity contribution >= 4 is 17.7 Å². The number of fused-ring (bicyclic) bond motifs is 1. The summed E-state index contributed by atoms with van der Waals surface area (Å²) >= 11 is 0. The van der Waals surface area contributed by atoms with E-state index in [9.17, 15) is 14.4 Å². The first-order valence-corrected chi connectivity index (χ1v) is 8.66. The lowest BCUT2D eigenvalue weighted by atomic mass is 9.84. The highest BCUT2D eigenvalue weighted by Crippen LogP contribution is 2.52. The molecule has 2 heterocycles. The Labute approximate surface area is 145 Å². The van der Waals surface area contributed by atoms with Crippen molar-refractivity contribution in [2.24, 2.45) is 0 Å². The third-order valence-corrected chi connectivity index (χ3v) is 4.61. The van der Waals surface area contributed by atoms with Crippen LogP contribution in [0.3, 0.4) is 0 Å². The third kappa shape index (κ3) is 3.20. The summed E-state index contributed by atoms with van der Waals surface area (Å²) < 4.78 is 21.7. The van der Waals surface area contributed by atoms with Crippen LogP contribution in [0.15, 0.2) is 23.0 Å². The van der Waals surface area contributed by atoms with E-state index in [1.165, 1.54) is 6.26 Å². The first kappa shape index (κ1) is 17.7. The van der Waals surface area contributed by atoms with Crippen molar-refractivity contribution in [3.05, 3.63) is 23.0 Å². The average Bonchev–Trinajstić information content (AvgIpc) is 3.27. The number of rotatable bonds is 4. The normalized spacial score (nSPS) is 28.3. The molecule has 0 aromatic carbocycles. The highest BCUT2D eigenvalue weighted by Gasteiger charge is 2.65. The van der Waals surface area contributed by atoms with Crippen molar-refractivity contribution in [2.45, 2.75) is 57.8 Å². The molecule has 0 unspecified atom stereocenters. The maximum absolute atomic E-state index is 12.7. The molecule has 2 atom stereocenters. The number of ether oxygens (including phenoxy) is 4. The van der Waals surface area contributed by atoms with Crippen LogP contribution in [-0.4, -0.2) is 42.8 Å². The van der Waals surface area contributed by atoms with Crippen molar-refractivity contribution in [1.29, 1.82) is 0 Å². The van der Waals surface area contributed by atoms with Gasteiger partial charge >= 0.3 is 11.9 Å². The lowest BCUT2D eigenvalue weighted by molar-refractivity contribution is -0.142. The molecule has 0 N–H and O–H groups in total. The van der Waals surface area contributed by atoms with Crippen LogP contribution in [0.1, 0.15) is 46.0 Å². The highest BCUT2D eigenvalue weighted by molar-refractivity contribution is 6.05. The Kier molecular flexibility index (Phi) is 4.94. The summed E-state index contributed by atoms with van der Waals surface area (Å²) in [6, 6.07) is 0. The zero-order valence-electron chi connectivity index (χ0n) is 14.5. The van der Waals surface area contributed by atoms with Gasteiger partial charge < -0.3 is 18.9 Å². The quantitative estimate of drug-likeness (QED) is 0.565. The Morgan fingerprint density at radius 1 is 1.16 bits per heavy atom. The molecule has 2 bridgehead atoms. The van der Waals surface area contributed by atoms with Gasteiger partial charge in [0.2, 0.25) is 6.29 Å². The minimum absolute atomic E-state index is 0.114. The van der Waals surface area contributed by atoms with E-state index in [1.54, 1.807) is 13.8 Å². The number of hydrogen-bond acceptors (Lipinski definition) is 7. The SMILES string of the molecule is CCOC(=O)C1=C(C(=O)OCC)[C@]23CCCC(=O)CCC1=CO[C@@H]2O3. The van der Waals surface area contributed by atoms with E-state index in [0.717, 1.165) is 0 Å². The van der Waals surface area contributed by atoms with Gasteiger partial charge in [0, 0.05) is 18.4 Å². The number of ketones is 1. The minimum atomic E-state index is -1.05. The first-order valence-electron chi connectivity index (χ1n) is 8.66. The van der Waals surface area contributed by atoms with E-state index in [0.29, 0.717) is 31.3 Å². The van der Waals surface area contributed by atoms with Gasteiger partial charge in [0.15, 0.2) is 5.60 Å². The molecule has 2 aliphatic heterocycles. The topological polar surface area (TPSA) is 91.4 Å². The van der Waals surface area contributed by atoms with Crippen LogP contribution in [-0.2, 0) is 33.3 Å². The van der Waals surface area contributed by atoms with Gasteiger partial charge in [-0.05, 0) is 33.1 Å². The predicted molar refractivity (Wildman–Crippen MR) is 85.2 cm³/mol. The van der Waals surface area contributed by atoms with Gasteiger partial charge in [0.1, 0.15) is 5.78 Å². The average molecular weight is 350 g/mol. The summed E-state index contributed by atoms with van der Waals surface area (Å²) in [6.45, 7) is 3.74. The molecule has 1 fully saturated rings. The predicted octanol–water partition coefficient (Wildman–Crippen LogP) is 1.95. The van der Waals surface area contributed by atoms with Gasteiger partial charge in [0.25, 0.3) is 0 Å². The van der Waals surface area contributed by atoms with Gasteiger partial charge in [-0.2, -0.15) is 0 Å². The van der Waals surface area contributed by atoms with Gasteiger partial charge in [-0.1, -0.05) is 0 Å². The number of esters is 2. The lowest BCUT2D eigenvalue weighted by Gasteiger charge is -2.20. The Hall–Kier alpha value is -2.15. The molecular formula is C18H22O7. The molecule has 1 aliphatic carbocycles. The number of Topliss-reactive ketones (excluding diaryl/α,β-unsaturated/α-hetero) is 1. The van der Waals surface area contributed by atoms with Crippen molar-refractivity contribution < 1.29 is 33.3 Å². The maximum atomic E-state index is 12.7. The molecule has 136 valence electrons. The molecule has 3 aliphatic rings. The van der Waals surface area contributed by atoms with E-state index in [-0.39, 0.29) is 36.6 Å². The van der Waals surface area contributed by atoms with E-state index in [4.69, 9.17) is 18.9 Å². The molecule has 3 rings (SSSR count). The van der Waals surface area contributed by atoms with Crippen LogP contribution in [0.25, 0.3) is 0 Å². The number of carbonyl (C=O) groups excluding carboxylic acids is 3. The fourth-order valence-electron chi connectivity index (χ4n) is 3.39. The second-order valence-corrected chi connectivity index (χ2v) is 6.20. The molecule has 1 spiro atoms. The van der Waals surface area contributed by atoms with Crippen molar-refractivity contribution in [3.8, 4) is 0 Å². The molecular weight excluding hydrogens is 328 g/mol. The molecule has 0 aromatic rings. The lowest BCUT2D eigenvalue weighted by Crippen LogP contribution is -2.30. The van der Waals surface area contributed by atoms with Crippen LogP contribution < -0.4 is 0 Å². The van der Waals surface area contributed by atoms with Gasteiger partial charge in [-0.25, -0.2) is 9.59 Å². The van der Waals surface area contributed by atoms with Gasteiger partial charge in [-0.15, -0.1) is 0 Å². The smallest absolute Gasteiger partial charge is 0.339 e. The Morgan fingerprint density at radius 2 is 1.88 bits per heavy atom. The van der Waals surface area contributed by atoms with E-state index in [2.05, 4.69) is 0 Å². The maximum Gasteiger partial charge on any atom is 0.339 e. The summed E-state index contributed by atoms with van der Waals surface area (Å²) in [5.41, 5.74) is -0.289. The number of carbonyl (C=O) groups is 3. The van der Waals surface area contributed by atoms with E-state index >= 15 is 0 Å². The number of epoxide rings is 1. The van der Waals surface area contributed by atoms with E-state index < -0.39 is 23.8 Å². The fourth-order valence-corrected chi connectivity index (χ4v) is 3.39. The summed E-state index contributed by atoms with van der Waals surface area (Å²) in [5.74, 6) is -1.11. The van der Waals surface area contributed by atoms with Crippen LogP contribution >= 0.6 is 0 Å². The Morgan fingerprint density at radius 3 is 2.60 bits per heavy atom. The van der Waals surface area contributed by atoms with E-state index in [1.807, 2.05) is 0 Å². The largest absolute Gasteiger partial charge is 0.469 e. The summed E-state index contributed by atoms with van der Waals surface area (Å²) in [7, 11) is 0. The zero-order valence-corrected chi connectivity index (χ0v) is 14.5.